The molecule has 2 aromatic rings. The van der Waals surface area contributed by atoms with Gasteiger partial charge in [-0.15, -0.1) is 0 Å². The van der Waals surface area contributed by atoms with E-state index in [-0.39, 0.29) is 62.6 Å². The van der Waals surface area contributed by atoms with Crippen molar-refractivity contribution in [1.82, 2.24) is 19.6 Å². The standard InChI is InChI=1S/C45H71N4O10P/c1-29(2)39(27-50)47-15-14-46(18-20-49(43(31(5)6)45(54)55)21-19-48(17-16-47)40(28-51)30(3)4)38(44(52)53)13-12-22-58-60(56,57)59-41-26-33(8)37(25-34(41)9)42-35(10)23-32(7)24-36(42)11/h23-31,38-40,43H,12-22H2,1-11H3,(H,52,53)(H,54,55)(H,56,57)/t38-,39+,40+,43-/m1/s1. The molecule has 5 atom stereocenters. The molecular weight excluding hydrogens is 787 g/mol. The number of rotatable bonds is 19. The molecule has 1 saturated heterocycles. The van der Waals surface area contributed by atoms with Crippen LogP contribution in [0.4, 0.5) is 0 Å². The molecule has 1 aliphatic heterocycles. The molecule has 14 nitrogen and oxygen atoms in total. The van der Waals surface area contributed by atoms with Gasteiger partial charge in [0.15, 0.2) is 0 Å². The molecule has 3 rings (SSSR count). The lowest BCUT2D eigenvalue weighted by molar-refractivity contribution is -0.147. The average molecular weight is 859 g/mol. The van der Waals surface area contributed by atoms with Crippen LogP contribution in [0.25, 0.3) is 11.1 Å². The Bertz CT molecular complexity index is 1800. The Balaban J connectivity index is 1.84. The van der Waals surface area contributed by atoms with Gasteiger partial charge in [-0.2, -0.15) is 0 Å². The van der Waals surface area contributed by atoms with Crippen LogP contribution in [-0.2, 0) is 28.3 Å². The van der Waals surface area contributed by atoms with Crippen molar-refractivity contribution < 1.29 is 47.9 Å². The minimum absolute atomic E-state index is 0.00441. The summed E-state index contributed by atoms with van der Waals surface area (Å²) in [7, 11) is -4.60. The Labute approximate surface area is 357 Å². The fourth-order valence-corrected chi connectivity index (χ4v) is 9.54. The smallest absolute Gasteiger partial charge is 0.480 e. The summed E-state index contributed by atoms with van der Waals surface area (Å²) < 4.78 is 24.2. The highest BCUT2D eigenvalue weighted by Gasteiger charge is 2.34. The van der Waals surface area contributed by atoms with E-state index in [0.29, 0.717) is 38.3 Å². The quantitative estimate of drug-likeness (QED) is 0.0803. The van der Waals surface area contributed by atoms with E-state index in [0.717, 1.165) is 40.4 Å². The number of phosphoric acid groups is 1. The molecule has 0 spiro atoms. The van der Waals surface area contributed by atoms with E-state index < -0.39 is 43.9 Å². The third kappa shape index (κ3) is 14.0. The van der Waals surface area contributed by atoms with Crippen molar-refractivity contribution in [2.75, 3.05) is 59.0 Å². The summed E-state index contributed by atoms with van der Waals surface area (Å²) in [5, 5.41) is 20.9. The molecule has 60 heavy (non-hydrogen) atoms. The molecule has 15 heteroatoms. The van der Waals surface area contributed by atoms with Crippen LogP contribution >= 0.6 is 7.82 Å². The van der Waals surface area contributed by atoms with Crippen LogP contribution < -0.4 is 4.52 Å². The third-order valence-corrected chi connectivity index (χ3v) is 12.7. The van der Waals surface area contributed by atoms with Crippen LogP contribution in [0.5, 0.6) is 5.75 Å². The van der Waals surface area contributed by atoms with Gasteiger partial charge in [-0.05, 0) is 111 Å². The highest BCUT2D eigenvalue weighted by atomic mass is 31.2. The monoisotopic (exact) mass is 858 g/mol. The first kappa shape index (κ1) is 50.9. The zero-order valence-corrected chi connectivity index (χ0v) is 38.6. The molecule has 336 valence electrons. The SMILES string of the molecule is Cc1cc(C)c(-c2cc(C)c(OP(=O)(O)OCCC[C@H](C(=O)O)N3CCN([C@@H](C=O)C(C)C)CCN([C@@H](C=O)C(C)C)CCN([C@@H](C(=O)O)C(C)C)CC3)cc2C)c(C)c1. The summed E-state index contributed by atoms with van der Waals surface area (Å²) in [5.74, 6) is -2.15. The van der Waals surface area contributed by atoms with Gasteiger partial charge in [0.2, 0.25) is 0 Å². The van der Waals surface area contributed by atoms with Crippen LogP contribution in [0.2, 0.25) is 0 Å². The summed E-state index contributed by atoms with van der Waals surface area (Å²) in [6.45, 7) is 23.8. The van der Waals surface area contributed by atoms with Crippen molar-refractivity contribution in [1.29, 1.82) is 0 Å². The van der Waals surface area contributed by atoms with Gasteiger partial charge in [0, 0.05) is 52.4 Å². The van der Waals surface area contributed by atoms with Gasteiger partial charge in [-0.25, -0.2) is 4.57 Å². The Kier molecular flexibility index (Phi) is 19.6. The van der Waals surface area contributed by atoms with Crippen LogP contribution in [0, 0.1) is 52.4 Å². The molecule has 0 saturated carbocycles. The van der Waals surface area contributed by atoms with Crippen LogP contribution in [0.1, 0.15) is 82.2 Å². The lowest BCUT2D eigenvalue weighted by atomic mass is 9.90. The van der Waals surface area contributed by atoms with E-state index in [9.17, 15) is 38.8 Å². The second kappa shape index (κ2) is 23.1. The van der Waals surface area contributed by atoms with Gasteiger partial charge in [0.25, 0.3) is 0 Å². The molecule has 0 aromatic heterocycles. The lowest BCUT2D eigenvalue weighted by Gasteiger charge is -2.41. The fourth-order valence-electron chi connectivity index (χ4n) is 8.69. The van der Waals surface area contributed by atoms with E-state index in [4.69, 9.17) is 9.05 Å². The number of aryl methyl sites for hydroxylation is 5. The number of aldehydes is 2. The highest BCUT2D eigenvalue weighted by Crippen LogP contribution is 2.46. The summed E-state index contributed by atoms with van der Waals surface area (Å²) in [4.78, 5) is 68.9. The van der Waals surface area contributed by atoms with Crippen molar-refractivity contribution >= 4 is 32.3 Å². The Morgan fingerprint density at radius 1 is 0.667 bits per heavy atom. The Morgan fingerprint density at radius 2 is 1.13 bits per heavy atom. The number of phosphoric ester groups is 1. The number of carboxylic acids is 2. The van der Waals surface area contributed by atoms with Crippen LogP contribution in [-0.4, -0.2) is 142 Å². The van der Waals surface area contributed by atoms with Crippen molar-refractivity contribution in [3.05, 3.63) is 52.1 Å². The minimum atomic E-state index is -4.60. The summed E-state index contributed by atoms with van der Waals surface area (Å²) >= 11 is 0. The number of benzene rings is 2. The van der Waals surface area contributed by atoms with Gasteiger partial charge in [0.05, 0.1) is 18.7 Å². The molecule has 0 amide bonds. The highest BCUT2D eigenvalue weighted by molar-refractivity contribution is 7.47. The molecule has 0 aliphatic carbocycles. The molecule has 0 bridgehead atoms. The zero-order chi connectivity index (χ0) is 45.1. The van der Waals surface area contributed by atoms with Gasteiger partial charge in [0.1, 0.15) is 30.4 Å². The molecule has 2 aromatic carbocycles. The summed E-state index contributed by atoms with van der Waals surface area (Å²) in [5.41, 5.74) is 7.06. The first-order valence-corrected chi connectivity index (χ1v) is 22.8. The Hall–Kier alpha value is -3.49. The van der Waals surface area contributed by atoms with Crippen molar-refractivity contribution in [2.45, 2.75) is 113 Å². The summed E-state index contributed by atoms with van der Waals surface area (Å²) in [6.07, 6.45) is 2.02. The van der Waals surface area contributed by atoms with E-state index >= 15 is 0 Å². The fraction of sp³-hybridized carbons (Fsp3) is 0.644. The van der Waals surface area contributed by atoms with E-state index in [1.807, 2.05) is 64.3 Å². The van der Waals surface area contributed by atoms with Crippen LogP contribution in [0.15, 0.2) is 24.3 Å². The van der Waals surface area contributed by atoms with E-state index in [2.05, 4.69) is 37.8 Å². The minimum Gasteiger partial charge on any atom is -0.480 e. The largest absolute Gasteiger partial charge is 0.527 e. The number of aliphatic carboxylic acids is 2. The first-order chi connectivity index (χ1) is 28.1. The number of carboxylic acid groups (broad SMARTS) is 2. The van der Waals surface area contributed by atoms with Gasteiger partial charge >= 0.3 is 19.8 Å². The molecule has 1 heterocycles. The predicted molar refractivity (Wildman–Crippen MR) is 235 cm³/mol. The predicted octanol–water partition coefficient (Wildman–Crippen LogP) is 6.40. The van der Waals surface area contributed by atoms with Crippen molar-refractivity contribution in [2.24, 2.45) is 17.8 Å². The number of hydrogen-bond acceptors (Lipinski definition) is 11. The van der Waals surface area contributed by atoms with Crippen molar-refractivity contribution in [3.8, 4) is 16.9 Å². The number of hydrogen-bond donors (Lipinski definition) is 3. The third-order valence-electron chi connectivity index (χ3n) is 11.7. The summed E-state index contributed by atoms with van der Waals surface area (Å²) in [6, 6.07) is 5.16. The number of carbonyl (C=O) groups is 4. The number of nitrogens with zero attached hydrogens (tertiary/aromatic N) is 4. The second-order valence-corrected chi connectivity index (χ2v) is 18.9. The van der Waals surface area contributed by atoms with Gasteiger partial charge < -0.3 is 24.3 Å². The molecule has 0 radical (unpaired) electrons. The first-order valence-electron chi connectivity index (χ1n) is 21.3. The molecule has 1 aliphatic rings. The van der Waals surface area contributed by atoms with E-state index in [1.165, 1.54) is 5.56 Å². The average Bonchev–Trinajstić information content (AvgIpc) is 3.12. The molecule has 3 N–H and O–H groups in total. The maximum absolute atomic E-state index is 13.2. The molecule has 1 unspecified atom stereocenters. The maximum Gasteiger partial charge on any atom is 0.527 e. The second-order valence-electron chi connectivity index (χ2n) is 17.5. The lowest BCUT2D eigenvalue weighted by Crippen LogP contribution is -2.56. The molecule has 1 fully saturated rings. The van der Waals surface area contributed by atoms with Crippen molar-refractivity contribution in [3.63, 3.8) is 0 Å². The number of carbonyl (C=O) groups excluding carboxylic acids is 2. The zero-order valence-electron chi connectivity index (χ0n) is 37.7. The van der Waals surface area contributed by atoms with Crippen LogP contribution in [0.3, 0.4) is 0 Å². The molecular formula is C45H71N4O10P. The van der Waals surface area contributed by atoms with Gasteiger partial charge in [-0.1, -0.05) is 59.2 Å². The van der Waals surface area contributed by atoms with E-state index in [1.54, 1.807) is 17.9 Å². The maximum atomic E-state index is 13.2. The Morgan fingerprint density at radius 3 is 1.55 bits per heavy atom. The van der Waals surface area contributed by atoms with Gasteiger partial charge in [-0.3, -0.25) is 38.6 Å². The topological polar surface area (TPSA) is 177 Å². The normalized spacial score (nSPS) is 18.9.